The Balaban J connectivity index is 1.97. The second-order valence-electron chi connectivity index (χ2n) is 5.27. The molecule has 0 fully saturated rings. The zero-order valence-electron chi connectivity index (χ0n) is 12.9. The minimum Gasteiger partial charge on any atom is -0.461 e. The molecule has 1 aliphatic rings. The summed E-state index contributed by atoms with van der Waals surface area (Å²) in [5, 5.41) is 10.6. The number of carbonyl (C=O) groups is 1. The fourth-order valence-corrected chi connectivity index (χ4v) is 2.92. The lowest BCUT2D eigenvalue weighted by molar-refractivity contribution is 0.0520. The number of H-pyrrole nitrogens is 1. The van der Waals surface area contributed by atoms with Gasteiger partial charge in [-0.05, 0) is 44.4 Å². The van der Waals surface area contributed by atoms with E-state index in [2.05, 4.69) is 39.4 Å². The average molecular weight is 300 g/mol. The molecule has 0 amide bonds. The Labute approximate surface area is 129 Å². The molecule has 6 nitrogen and oxygen atoms in total. The standard InChI is InChI=1S/C16H20N4O2/c1-3-20-9-5-6-11-10-12(7-8-13(11)20)14-15(18-19-17-14)16(21)22-4-2/h7-8,10H,3-6,9H2,1-2H3,(H,17,18,19). The second-order valence-corrected chi connectivity index (χ2v) is 5.27. The number of rotatable bonds is 4. The van der Waals surface area contributed by atoms with Crippen LogP contribution in [-0.2, 0) is 11.2 Å². The molecule has 2 heterocycles. The van der Waals surface area contributed by atoms with Crippen LogP contribution in [0.2, 0.25) is 0 Å². The Morgan fingerprint density at radius 3 is 3.00 bits per heavy atom. The van der Waals surface area contributed by atoms with E-state index in [1.54, 1.807) is 6.92 Å². The maximum Gasteiger partial charge on any atom is 0.361 e. The molecular formula is C16H20N4O2. The van der Waals surface area contributed by atoms with Gasteiger partial charge in [0.25, 0.3) is 0 Å². The van der Waals surface area contributed by atoms with Gasteiger partial charge in [-0.3, -0.25) is 0 Å². The summed E-state index contributed by atoms with van der Waals surface area (Å²) < 4.78 is 5.03. The molecule has 1 N–H and O–H groups in total. The molecule has 1 aromatic heterocycles. The molecular weight excluding hydrogens is 280 g/mol. The molecule has 0 radical (unpaired) electrons. The van der Waals surface area contributed by atoms with Gasteiger partial charge in [-0.2, -0.15) is 10.3 Å². The highest BCUT2D eigenvalue weighted by Crippen LogP contribution is 2.31. The van der Waals surface area contributed by atoms with E-state index in [9.17, 15) is 4.79 Å². The molecule has 0 spiro atoms. The fourth-order valence-electron chi connectivity index (χ4n) is 2.92. The zero-order valence-corrected chi connectivity index (χ0v) is 12.9. The largest absolute Gasteiger partial charge is 0.461 e. The lowest BCUT2D eigenvalue weighted by Crippen LogP contribution is -2.28. The Hall–Kier alpha value is -2.37. The quantitative estimate of drug-likeness (QED) is 0.878. The van der Waals surface area contributed by atoms with Gasteiger partial charge in [0.15, 0.2) is 5.69 Å². The Morgan fingerprint density at radius 1 is 1.36 bits per heavy atom. The molecule has 0 atom stereocenters. The molecule has 2 aromatic rings. The van der Waals surface area contributed by atoms with Crippen LogP contribution < -0.4 is 4.90 Å². The number of aromatic nitrogens is 3. The highest BCUT2D eigenvalue weighted by Gasteiger charge is 2.21. The summed E-state index contributed by atoms with van der Waals surface area (Å²) in [7, 11) is 0. The van der Waals surface area contributed by atoms with Crippen LogP contribution in [0.1, 0.15) is 36.3 Å². The van der Waals surface area contributed by atoms with E-state index in [4.69, 9.17) is 4.74 Å². The third kappa shape index (κ3) is 2.56. The summed E-state index contributed by atoms with van der Waals surface area (Å²) in [4.78, 5) is 14.3. The van der Waals surface area contributed by atoms with E-state index in [0.29, 0.717) is 12.3 Å². The number of benzene rings is 1. The van der Waals surface area contributed by atoms with Gasteiger partial charge >= 0.3 is 5.97 Å². The van der Waals surface area contributed by atoms with Crippen LogP contribution in [0.25, 0.3) is 11.3 Å². The van der Waals surface area contributed by atoms with Crippen LogP contribution in [0.15, 0.2) is 18.2 Å². The van der Waals surface area contributed by atoms with Crippen molar-refractivity contribution in [2.24, 2.45) is 0 Å². The first-order valence-electron chi connectivity index (χ1n) is 7.70. The van der Waals surface area contributed by atoms with Crippen molar-refractivity contribution >= 4 is 11.7 Å². The van der Waals surface area contributed by atoms with Gasteiger partial charge < -0.3 is 9.64 Å². The highest BCUT2D eigenvalue weighted by atomic mass is 16.5. The summed E-state index contributed by atoms with van der Waals surface area (Å²) in [6.45, 7) is 6.36. The zero-order chi connectivity index (χ0) is 15.5. The number of hydrogen-bond donors (Lipinski definition) is 1. The topological polar surface area (TPSA) is 71.1 Å². The number of fused-ring (bicyclic) bond motifs is 1. The Bertz CT molecular complexity index is 681. The highest BCUT2D eigenvalue weighted by molar-refractivity contribution is 5.94. The third-order valence-corrected chi connectivity index (χ3v) is 3.97. The minimum atomic E-state index is -0.445. The Kier molecular flexibility index (Phi) is 4.09. The lowest BCUT2D eigenvalue weighted by atomic mass is 9.97. The molecule has 3 rings (SSSR count). The average Bonchev–Trinajstić information content (AvgIpc) is 3.03. The molecule has 1 aromatic carbocycles. The van der Waals surface area contributed by atoms with Gasteiger partial charge in [0.2, 0.25) is 0 Å². The normalized spacial score (nSPS) is 13.8. The second kappa shape index (κ2) is 6.17. The summed E-state index contributed by atoms with van der Waals surface area (Å²) in [6.07, 6.45) is 2.19. The SMILES string of the molecule is CCOC(=O)c1n[nH]nc1-c1ccc2c(c1)CCCN2CC. The molecule has 0 saturated carbocycles. The van der Waals surface area contributed by atoms with Crippen LogP contribution >= 0.6 is 0 Å². The van der Waals surface area contributed by atoms with Gasteiger partial charge in [-0.1, -0.05) is 6.07 Å². The van der Waals surface area contributed by atoms with Crippen LogP contribution in [-0.4, -0.2) is 41.1 Å². The molecule has 1 aliphatic heterocycles. The van der Waals surface area contributed by atoms with Crippen LogP contribution in [0.5, 0.6) is 0 Å². The molecule has 0 unspecified atom stereocenters. The van der Waals surface area contributed by atoms with Gasteiger partial charge in [0.05, 0.1) is 6.61 Å². The van der Waals surface area contributed by atoms with Crippen molar-refractivity contribution in [2.75, 3.05) is 24.6 Å². The van der Waals surface area contributed by atoms with Crippen molar-refractivity contribution in [3.8, 4) is 11.3 Å². The first-order chi connectivity index (χ1) is 10.7. The molecule has 0 saturated heterocycles. The van der Waals surface area contributed by atoms with E-state index in [1.807, 2.05) is 6.07 Å². The number of aromatic amines is 1. The summed E-state index contributed by atoms with van der Waals surface area (Å²) >= 11 is 0. The van der Waals surface area contributed by atoms with E-state index >= 15 is 0 Å². The monoisotopic (exact) mass is 300 g/mol. The summed E-state index contributed by atoms with van der Waals surface area (Å²) in [5.41, 5.74) is 4.26. The predicted octanol–water partition coefficient (Wildman–Crippen LogP) is 2.42. The van der Waals surface area contributed by atoms with Crippen molar-refractivity contribution in [1.29, 1.82) is 0 Å². The van der Waals surface area contributed by atoms with Crippen molar-refractivity contribution in [1.82, 2.24) is 15.4 Å². The first-order valence-corrected chi connectivity index (χ1v) is 7.70. The molecule has 0 aliphatic carbocycles. The number of nitrogens with one attached hydrogen (secondary N) is 1. The number of anilines is 1. The van der Waals surface area contributed by atoms with Crippen molar-refractivity contribution in [3.05, 3.63) is 29.5 Å². The van der Waals surface area contributed by atoms with Gasteiger partial charge in [0, 0.05) is 24.3 Å². The van der Waals surface area contributed by atoms with Gasteiger partial charge in [-0.15, -0.1) is 5.10 Å². The molecule has 22 heavy (non-hydrogen) atoms. The van der Waals surface area contributed by atoms with Crippen LogP contribution in [0.4, 0.5) is 5.69 Å². The van der Waals surface area contributed by atoms with E-state index in [1.165, 1.54) is 11.3 Å². The van der Waals surface area contributed by atoms with Gasteiger partial charge in [0.1, 0.15) is 5.69 Å². The number of esters is 1. The molecule has 0 bridgehead atoms. The lowest BCUT2D eigenvalue weighted by Gasteiger charge is -2.30. The van der Waals surface area contributed by atoms with Gasteiger partial charge in [-0.25, -0.2) is 4.79 Å². The van der Waals surface area contributed by atoms with E-state index in [0.717, 1.165) is 31.5 Å². The number of aryl methyl sites for hydroxylation is 1. The number of nitrogens with zero attached hydrogens (tertiary/aromatic N) is 3. The predicted molar refractivity (Wildman–Crippen MR) is 84.0 cm³/mol. The smallest absolute Gasteiger partial charge is 0.361 e. The maximum absolute atomic E-state index is 11.9. The summed E-state index contributed by atoms with van der Waals surface area (Å²) in [6, 6.07) is 6.21. The van der Waals surface area contributed by atoms with Crippen LogP contribution in [0, 0.1) is 0 Å². The Morgan fingerprint density at radius 2 is 2.23 bits per heavy atom. The van der Waals surface area contributed by atoms with E-state index in [-0.39, 0.29) is 5.69 Å². The van der Waals surface area contributed by atoms with Crippen molar-refractivity contribution < 1.29 is 9.53 Å². The minimum absolute atomic E-state index is 0.241. The van der Waals surface area contributed by atoms with Crippen LogP contribution in [0.3, 0.4) is 0 Å². The van der Waals surface area contributed by atoms with Crippen molar-refractivity contribution in [3.63, 3.8) is 0 Å². The number of carbonyl (C=O) groups excluding carboxylic acids is 1. The fraction of sp³-hybridized carbons (Fsp3) is 0.438. The maximum atomic E-state index is 11.9. The molecule has 116 valence electrons. The summed E-state index contributed by atoms with van der Waals surface area (Å²) in [5.74, 6) is -0.445. The number of ether oxygens (including phenoxy) is 1. The third-order valence-electron chi connectivity index (χ3n) is 3.97. The van der Waals surface area contributed by atoms with Crippen molar-refractivity contribution in [2.45, 2.75) is 26.7 Å². The molecule has 6 heteroatoms. The first kappa shape index (κ1) is 14.6. The van der Waals surface area contributed by atoms with E-state index < -0.39 is 5.97 Å². The number of hydrogen-bond acceptors (Lipinski definition) is 5.